The Balaban J connectivity index is 1.52. The van der Waals surface area contributed by atoms with Crippen LogP contribution in [0.5, 0.6) is 0 Å². The molecule has 0 spiro atoms. The first kappa shape index (κ1) is 22.5. The monoisotopic (exact) mass is 377 g/mol. The maximum atomic E-state index is 8.45. The van der Waals surface area contributed by atoms with Gasteiger partial charge in [-0.1, -0.05) is 94.4 Å². The van der Waals surface area contributed by atoms with E-state index in [1.165, 1.54) is 94.3 Å². The van der Waals surface area contributed by atoms with Gasteiger partial charge >= 0.3 is 0 Å². The third kappa shape index (κ3) is 9.41. The summed E-state index contributed by atoms with van der Waals surface area (Å²) in [4.78, 5) is 0. The third-order valence-corrected chi connectivity index (χ3v) is 6.30. The van der Waals surface area contributed by atoms with Gasteiger partial charge in [-0.15, -0.1) is 0 Å². The van der Waals surface area contributed by atoms with Crippen LogP contribution in [-0.4, -0.2) is 0 Å². The van der Waals surface area contributed by atoms with Crippen molar-refractivity contribution in [3.05, 3.63) is 59.7 Å². The molecule has 0 saturated heterocycles. The molecular formula is C27H39N. The van der Waals surface area contributed by atoms with E-state index in [-0.39, 0.29) is 0 Å². The van der Waals surface area contributed by atoms with Gasteiger partial charge in [0.1, 0.15) is 0 Å². The summed E-state index contributed by atoms with van der Waals surface area (Å²) >= 11 is 0. The number of aryl methyl sites for hydroxylation is 2. The van der Waals surface area contributed by atoms with Gasteiger partial charge in [-0.3, -0.25) is 0 Å². The van der Waals surface area contributed by atoms with Crippen molar-refractivity contribution in [2.45, 2.75) is 90.4 Å². The molecule has 28 heavy (non-hydrogen) atoms. The van der Waals surface area contributed by atoms with E-state index in [4.69, 9.17) is 5.26 Å². The number of unbranched alkanes of at least 4 members (excludes halogenated alkanes) is 2. The topological polar surface area (TPSA) is 23.8 Å². The average molecular weight is 378 g/mol. The summed E-state index contributed by atoms with van der Waals surface area (Å²) in [5, 5.41) is 8.45. The summed E-state index contributed by atoms with van der Waals surface area (Å²) in [5.41, 5.74) is 3.01. The summed E-state index contributed by atoms with van der Waals surface area (Å²) in [6.07, 6.45) is 25.0. The SMILES string of the molecule is CCCCc1ccc(CCCCC2CCC(CCC=CC=CC#N)CC2)cc1. The van der Waals surface area contributed by atoms with E-state index >= 15 is 0 Å². The Bertz CT molecular complexity index is 609. The van der Waals surface area contributed by atoms with Crippen molar-refractivity contribution in [2.24, 2.45) is 11.8 Å². The average Bonchev–Trinajstić information content (AvgIpc) is 2.74. The van der Waals surface area contributed by atoms with Crippen LogP contribution in [0.25, 0.3) is 0 Å². The summed E-state index contributed by atoms with van der Waals surface area (Å²) in [6, 6.07) is 11.4. The molecule has 1 nitrogen and oxygen atoms in total. The lowest BCUT2D eigenvalue weighted by Gasteiger charge is -2.28. The quantitative estimate of drug-likeness (QED) is 0.206. The summed E-state index contributed by atoms with van der Waals surface area (Å²) < 4.78 is 0. The first-order valence-electron chi connectivity index (χ1n) is 11.6. The van der Waals surface area contributed by atoms with E-state index in [1.807, 2.05) is 18.2 Å². The molecule has 0 N–H and O–H groups in total. The molecule has 0 heterocycles. The lowest BCUT2D eigenvalue weighted by molar-refractivity contribution is 0.250. The van der Waals surface area contributed by atoms with Crippen molar-refractivity contribution >= 4 is 0 Å². The molecule has 1 aliphatic rings. The van der Waals surface area contributed by atoms with Gasteiger partial charge in [-0.05, 0) is 61.5 Å². The molecule has 152 valence electrons. The second-order valence-electron chi connectivity index (χ2n) is 8.55. The standard InChI is InChI=1S/C27H39N/c1-2-3-11-24-15-17-26(18-16-24)13-8-9-14-27-21-19-25(20-22-27)12-7-5-4-6-10-23-28/h4-6,10,15-18,25,27H,2-3,7-9,11-14,19-22H2,1H3. The third-order valence-electron chi connectivity index (χ3n) is 6.30. The predicted octanol–water partition coefficient (Wildman–Crippen LogP) is 7.96. The highest BCUT2D eigenvalue weighted by atomic mass is 14.3. The Morgan fingerprint density at radius 1 is 0.857 bits per heavy atom. The fourth-order valence-corrected chi connectivity index (χ4v) is 4.43. The zero-order valence-electron chi connectivity index (χ0n) is 17.9. The minimum absolute atomic E-state index is 0.923. The van der Waals surface area contributed by atoms with Crippen molar-refractivity contribution in [1.29, 1.82) is 5.26 Å². The van der Waals surface area contributed by atoms with Crippen LogP contribution in [0.3, 0.4) is 0 Å². The minimum atomic E-state index is 0.923. The van der Waals surface area contributed by atoms with Crippen LogP contribution < -0.4 is 0 Å². The molecule has 0 aromatic heterocycles. The smallest absolute Gasteiger partial charge is 0.0912 e. The summed E-state index contributed by atoms with van der Waals surface area (Å²) in [7, 11) is 0. The molecular weight excluding hydrogens is 338 g/mol. The number of nitrogens with zero attached hydrogens (tertiary/aromatic N) is 1. The molecule has 1 saturated carbocycles. The maximum absolute atomic E-state index is 8.45. The van der Waals surface area contributed by atoms with Gasteiger partial charge in [0.15, 0.2) is 0 Å². The van der Waals surface area contributed by atoms with E-state index in [0.717, 1.165) is 18.3 Å². The largest absolute Gasteiger partial charge is 0.193 e. The van der Waals surface area contributed by atoms with Gasteiger partial charge in [-0.25, -0.2) is 0 Å². The second kappa shape index (κ2) is 14.2. The highest BCUT2D eigenvalue weighted by molar-refractivity contribution is 5.22. The Labute approximate surface area is 173 Å². The molecule has 0 unspecified atom stereocenters. The Hall–Kier alpha value is -1.81. The van der Waals surface area contributed by atoms with Gasteiger partial charge in [0.05, 0.1) is 6.07 Å². The van der Waals surface area contributed by atoms with Gasteiger partial charge in [0.25, 0.3) is 0 Å². The number of hydrogen-bond acceptors (Lipinski definition) is 1. The van der Waals surface area contributed by atoms with Crippen molar-refractivity contribution in [2.75, 3.05) is 0 Å². The highest BCUT2D eigenvalue weighted by Crippen LogP contribution is 2.34. The molecule has 0 atom stereocenters. The number of allylic oxidation sites excluding steroid dienone is 4. The van der Waals surface area contributed by atoms with Crippen LogP contribution in [0.4, 0.5) is 0 Å². The zero-order valence-corrected chi connectivity index (χ0v) is 17.9. The van der Waals surface area contributed by atoms with E-state index < -0.39 is 0 Å². The van der Waals surface area contributed by atoms with Gasteiger partial charge < -0.3 is 0 Å². The van der Waals surface area contributed by atoms with E-state index in [2.05, 4.69) is 37.3 Å². The molecule has 0 aliphatic heterocycles. The van der Waals surface area contributed by atoms with E-state index in [1.54, 1.807) is 0 Å². The Morgan fingerprint density at radius 2 is 1.46 bits per heavy atom. The summed E-state index contributed by atoms with van der Waals surface area (Å²) in [5.74, 6) is 1.90. The number of rotatable bonds is 12. The molecule has 1 aromatic rings. The molecule has 1 aromatic carbocycles. The molecule has 0 bridgehead atoms. The molecule has 1 heteroatoms. The lowest BCUT2D eigenvalue weighted by atomic mass is 9.78. The molecule has 0 radical (unpaired) electrons. The first-order valence-corrected chi connectivity index (χ1v) is 11.6. The van der Waals surface area contributed by atoms with Crippen LogP contribution in [-0.2, 0) is 12.8 Å². The first-order chi connectivity index (χ1) is 13.8. The highest BCUT2D eigenvalue weighted by Gasteiger charge is 2.20. The molecule has 1 aliphatic carbocycles. The minimum Gasteiger partial charge on any atom is -0.193 e. The Morgan fingerprint density at radius 3 is 2.07 bits per heavy atom. The number of benzene rings is 1. The molecule has 1 fully saturated rings. The van der Waals surface area contributed by atoms with Crippen molar-refractivity contribution in [1.82, 2.24) is 0 Å². The summed E-state index contributed by atoms with van der Waals surface area (Å²) in [6.45, 7) is 2.26. The van der Waals surface area contributed by atoms with E-state index in [9.17, 15) is 0 Å². The van der Waals surface area contributed by atoms with Crippen LogP contribution >= 0.6 is 0 Å². The van der Waals surface area contributed by atoms with Crippen molar-refractivity contribution < 1.29 is 0 Å². The number of nitriles is 1. The maximum Gasteiger partial charge on any atom is 0.0912 e. The normalized spacial score (nSPS) is 20.0. The predicted molar refractivity (Wildman–Crippen MR) is 121 cm³/mol. The second-order valence-corrected chi connectivity index (χ2v) is 8.55. The van der Waals surface area contributed by atoms with E-state index in [0.29, 0.717) is 0 Å². The van der Waals surface area contributed by atoms with Gasteiger partial charge in [-0.2, -0.15) is 5.26 Å². The molecule has 0 amide bonds. The van der Waals surface area contributed by atoms with Gasteiger partial charge in [0.2, 0.25) is 0 Å². The van der Waals surface area contributed by atoms with Crippen molar-refractivity contribution in [3.8, 4) is 6.07 Å². The lowest BCUT2D eigenvalue weighted by Crippen LogP contribution is -2.14. The van der Waals surface area contributed by atoms with Crippen LogP contribution in [0, 0.1) is 23.2 Å². The molecule has 2 rings (SSSR count). The fraction of sp³-hybridized carbons (Fsp3) is 0.593. The van der Waals surface area contributed by atoms with Crippen molar-refractivity contribution in [3.63, 3.8) is 0 Å². The Kier molecular flexibility index (Phi) is 11.4. The fourth-order valence-electron chi connectivity index (χ4n) is 4.43. The van der Waals surface area contributed by atoms with Crippen LogP contribution in [0.2, 0.25) is 0 Å². The zero-order chi connectivity index (χ0) is 19.9. The number of hydrogen-bond donors (Lipinski definition) is 0. The van der Waals surface area contributed by atoms with Crippen LogP contribution in [0.1, 0.15) is 88.7 Å². The van der Waals surface area contributed by atoms with Crippen LogP contribution in [0.15, 0.2) is 48.6 Å². The van der Waals surface area contributed by atoms with Gasteiger partial charge in [0, 0.05) is 6.08 Å².